The number of carboxylic acid groups (broad SMARTS) is 2. The summed E-state index contributed by atoms with van der Waals surface area (Å²) in [6, 6.07) is -1.71. The third-order valence-electron chi connectivity index (χ3n) is 1.07. The lowest BCUT2D eigenvalue weighted by Crippen LogP contribution is -2.40. The number of aliphatic carboxylic acids is 2. The van der Waals surface area contributed by atoms with Gasteiger partial charge in [0.1, 0.15) is 6.04 Å². The van der Waals surface area contributed by atoms with Gasteiger partial charge in [-0.3, -0.25) is 9.59 Å². The molecule has 0 saturated carbocycles. The molecule has 0 aromatic rings. The molecule has 0 bridgehead atoms. The first-order valence-corrected chi connectivity index (χ1v) is 2.52. The topological polar surface area (TPSA) is 101 Å². The van der Waals surface area contributed by atoms with Crippen LogP contribution in [0.15, 0.2) is 0 Å². The van der Waals surface area contributed by atoms with Gasteiger partial charge in [0.2, 0.25) is 0 Å². The zero-order valence-corrected chi connectivity index (χ0v) is 5.37. The minimum Gasteiger partial charge on any atom is -0.481 e. The number of carbonyl (C=O) groups is 2. The van der Waals surface area contributed by atoms with Gasteiger partial charge < -0.3 is 15.9 Å². The summed E-state index contributed by atoms with van der Waals surface area (Å²) in [5.74, 6) is -5.22. The number of carboxylic acids is 2. The Bertz CT molecular complexity index is 191. The standard InChI is InChI=1S/C5H9NO4/c1-2(4(7)8)3(6)5(9)10/h2-3H,6H2,1H3,(H,7,8)(H,9,10)/t2-,3+/m1/s1/i2D. The predicted molar refractivity (Wildman–Crippen MR) is 32.4 cm³/mol. The Kier molecular flexibility index (Phi) is 2.22. The minimum atomic E-state index is -2.17. The monoisotopic (exact) mass is 148 g/mol. The van der Waals surface area contributed by atoms with E-state index in [1.165, 1.54) is 0 Å². The average molecular weight is 148 g/mol. The van der Waals surface area contributed by atoms with Crippen LogP contribution in [0.25, 0.3) is 0 Å². The van der Waals surface area contributed by atoms with E-state index < -0.39 is 23.9 Å². The summed E-state index contributed by atoms with van der Waals surface area (Å²) in [5, 5.41) is 16.6. The molecule has 0 amide bonds. The molecule has 0 spiro atoms. The van der Waals surface area contributed by atoms with E-state index >= 15 is 0 Å². The van der Waals surface area contributed by atoms with Crippen LogP contribution in [0, 0.1) is 5.89 Å². The summed E-state index contributed by atoms with van der Waals surface area (Å²) in [7, 11) is 0. The fraction of sp³-hybridized carbons (Fsp3) is 0.600. The molecule has 0 heterocycles. The average Bonchev–Trinajstić information content (AvgIpc) is 1.85. The SMILES string of the molecule is [2H][C@](C)(C(=O)O)[C@H](N)C(=O)O. The summed E-state index contributed by atoms with van der Waals surface area (Å²) < 4.78 is 7.01. The zero-order chi connectivity index (χ0) is 9.23. The summed E-state index contributed by atoms with van der Waals surface area (Å²) in [4.78, 5) is 20.4. The van der Waals surface area contributed by atoms with Gasteiger partial charge >= 0.3 is 11.9 Å². The van der Waals surface area contributed by atoms with Crippen LogP contribution in [0.2, 0.25) is 0 Å². The van der Waals surface area contributed by atoms with E-state index in [2.05, 4.69) is 0 Å². The van der Waals surface area contributed by atoms with Crippen LogP contribution < -0.4 is 5.73 Å². The normalized spacial score (nSPS) is 20.4. The molecule has 5 nitrogen and oxygen atoms in total. The van der Waals surface area contributed by atoms with Crippen molar-refractivity contribution in [2.45, 2.75) is 13.0 Å². The van der Waals surface area contributed by atoms with Gasteiger partial charge in [-0.1, -0.05) is 0 Å². The van der Waals surface area contributed by atoms with Crippen molar-refractivity contribution >= 4 is 11.9 Å². The maximum absolute atomic E-state index is 10.2. The number of hydrogen-bond donors (Lipinski definition) is 3. The van der Waals surface area contributed by atoms with Gasteiger partial charge in [0.05, 0.1) is 5.89 Å². The van der Waals surface area contributed by atoms with Crippen molar-refractivity contribution in [2.75, 3.05) is 0 Å². The molecular weight excluding hydrogens is 138 g/mol. The third kappa shape index (κ3) is 2.02. The first-order valence-electron chi connectivity index (χ1n) is 3.02. The first kappa shape index (κ1) is 7.01. The van der Waals surface area contributed by atoms with Gasteiger partial charge in [0.25, 0.3) is 0 Å². The van der Waals surface area contributed by atoms with E-state index in [1.807, 2.05) is 0 Å². The van der Waals surface area contributed by atoms with Crippen molar-refractivity contribution < 1.29 is 21.2 Å². The van der Waals surface area contributed by atoms with Crippen molar-refractivity contribution in [1.29, 1.82) is 0 Å². The molecule has 58 valence electrons. The summed E-state index contributed by atoms with van der Waals surface area (Å²) in [6.45, 7) is 0.939. The number of nitrogens with two attached hydrogens (primary N) is 1. The molecule has 0 unspecified atom stereocenters. The Balaban J connectivity index is 4.55. The van der Waals surface area contributed by atoms with E-state index in [0.29, 0.717) is 0 Å². The molecule has 0 aliphatic rings. The van der Waals surface area contributed by atoms with Crippen molar-refractivity contribution in [3.63, 3.8) is 0 Å². The van der Waals surface area contributed by atoms with Gasteiger partial charge in [-0.05, 0) is 6.92 Å². The van der Waals surface area contributed by atoms with Crippen molar-refractivity contribution in [2.24, 2.45) is 11.6 Å². The smallest absolute Gasteiger partial charge is 0.321 e. The number of rotatable bonds is 3. The van der Waals surface area contributed by atoms with E-state index in [0.717, 1.165) is 6.92 Å². The van der Waals surface area contributed by atoms with E-state index in [1.54, 1.807) is 0 Å². The van der Waals surface area contributed by atoms with Gasteiger partial charge in [-0.25, -0.2) is 0 Å². The van der Waals surface area contributed by atoms with Gasteiger partial charge in [0, 0.05) is 1.37 Å². The second-order valence-corrected chi connectivity index (χ2v) is 1.80. The second-order valence-electron chi connectivity index (χ2n) is 1.80. The third-order valence-corrected chi connectivity index (χ3v) is 1.07. The molecule has 0 radical (unpaired) electrons. The molecule has 0 fully saturated rings. The Morgan fingerprint density at radius 2 is 1.90 bits per heavy atom. The Labute approximate surface area is 58.9 Å². The second kappa shape index (κ2) is 3.17. The zero-order valence-electron chi connectivity index (χ0n) is 6.37. The Morgan fingerprint density at radius 3 is 2.00 bits per heavy atom. The molecule has 0 aromatic heterocycles. The summed E-state index contributed by atoms with van der Waals surface area (Å²) in [5.41, 5.74) is 4.93. The van der Waals surface area contributed by atoms with Gasteiger partial charge in [-0.15, -0.1) is 0 Å². The lowest BCUT2D eigenvalue weighted by atomic mass is 10.0. The van der Waals surface area contributed by atoms with E-state index in [9.17, 15) is 9.59 Å². The molecule has 0 saturated heterocycles. The van der Waals surface area contributed by atoms with Crippen molar-refractivity contribution in [1.82, 2.24) is 0 Å². The fourth-order valence-electron chi connectivity index (χ4n) is 0.318. The Morgan fingerprint density at radius 1 is 1.50 bits per heavy atom. The van der Waals surface area contributed by atoms with E-state index in [-0.39, 0.29) is 0 Å². The number of hydrogen-bond acceptors (Lipinski definition) is 3. The predicted octanol–water partition coefficient (Wildman–Crippen LogP) is -0.881. The van der Waals surface area contributed by atoms with Crippen LogP contribution in [0.1, 0.15) is 8.29 Å². The van der Waals surface area contributed by atoms with Crippen LogP contribution in [0.5, 0.6) is 0 Å². The van der Waals surface area contributed by atoms with Crippen LogP contribution in [0.4, 0.5) is 0 Å². The highest BCUT2D eigenvalue weighted by Crippen LogP contribution is 1.99. The highest BCUT2D eigenvalue weighted by molar-refractivity contribution is 5.82. The van der Waals surface area contributed by atoms with Crippen molar-refractivity contribution in [3.05, 3.63) is 0 Å². The molecule has 0 rings (SSSR count). The molecule has 0 aliphatic carbocycles. The molecule has 4 N–H and O–H groups in total. The maximum atomic E-state index is 10.2. The largest absolute Gasteiger partial charge is 0.481 e. The quantitative estimate of drug-likeness (QED) is 0.482. The lowest BCUT2D eigenvalue weighted by Gasteiger charge is -2.09. The maximum Gasteiger partial charge on any atom is 0.321 e. The van der Waals surface area contributed by atoms with Crippen LogP contribution in [0.3, 0.4) is 0 Å². The first-order chi connectivity index (χ1) is 4.80. The molecule has 0 aliphatic heterocycles. The van der Waals surface area contributed by atoms with E-state index in [4.69, 9.17) is 17.3 Å². The molecule has 2 atom stereocenters. The van der Waals surface area contributed by atoms with Gasteiger partial charge in [0.15, 0.2) is 0 Å². The summed E-state index contributed by atoms with van der Waals surface area (Å²) in [6.07, 6.45) is 0. The van der Waals surface area contributed by atoms with Crippen molar-refractivity contribution in [3.8, 4) is 0 Å². The summed E-state index contributed by atoms with van der Waals surface area (Å²) >= 11 is 0. The highest BCUT2D eigenvalue weighted by Gasteiger charge is 2.25. The Hall–Kier alpha value is -1.10. The van der Waals surface area contributed by atoms with Crippen LogP contribution in [-0.2, 0) is 9.59 Å². The molecule has 10 heavy (non-hydrogen) atoms. The minimum absolute atomic E-state index is 0.939. The lowest BCUT2D eigenvalue weighted by molar-refractivity contribution is -0.149. The highest BCUT2D eigenvalue weighted by atomic mass is 16.4. The fourth-order valence-corrected chi connectivity index (χ4v) is 0.318. The van der Waals surface area contributed by atoms with Crippen LogP contribution >= 0.6 is 0 Å². The molecular formula is C5H9NO4. The molecule has 0 aromatic carbocycles. The molecule has 5 heteroatoms. The van der Waals surface area contributed by atoms with Crippen LogP contribution in [-0.4, -0.2) is 28.2 Å². The van der Waals surface area contributed by atoms with Gasteiger partial charge in [-0.2, -0.15) is 0 Å².